The van der Waals surface area contributed by atoms with Crippen molar-refractivity contribution in [3.63, 3.8) is 0 Å². The number of carbonyl (C=O) groups is 2. The number of esters is 1. The lowest BCUT2D eigenvalue weighted by Crippen LogP contribution is -2.33. The third kappa shape index (κ3) is 7.04. The van der Waals surface area contributed by atoms with Gasteiger partial charge in [0.1, 0.15) is 0 Å². The highest BCUT2D eigenvalue weighted by Crippen LogP contribution is 2.04. The zero-order chi connectivity index (χ0) is 16.2. The summed E-state index contributed by atoms with van der Waals surface area (Å²) >= 11 is 0. The van der Waals surface area contributed by atoms with Gasteiger partial charge in [0, 0.05) is 25.8 Å². The smallest absolute Gasteiger partial charge is 0.307 e. The van der Waals surface area contributed by atoms with Crippen molar-refractivity contribution >= 4 is 18.0 Å². The monoisotopic (exact) mass is 305 g/mol. The third-order valence-electron chi connectivity index (χ3n) is 3.01. The van der Waals surface area contributed by atoms with Crippen molar-refractivity contribution in [2.45, 2.75) is 19.8 Å². The number of aliphatic hydroxyl groups is 1. The molecule has 0 aliphatic rings. The van der Waals surface area contributed by atoms with E-state index in [0.29, 0.717) is 19.6 Å². The van der Waals surface area contributed by atoms with Gasteiger partial charge in [-0.25, -0.2) is 0 Å². The highest BCUT2D eigenvalue weighted by molar-refractivity contribution is 5.92. The summed E-state index contributed by atoms with van der Waals surface area (Å²) in [5.41, 5.74) is 0.934. The van der Waals surface area contributed by atoms with Gasteiger partial charge in [-0.2, -0.15) is 0 Å². The molecule has 0 aliphatic heterocycles. The molecule has 1 rings (SSSR count). The molecule has 0 spiro atoms. The third-order valence-corrected chi connectivity index (χ3v) is 3.01. The Balaban J connectivity index is 2.59. The van der Waals surface area contributed by atoms with E-state index in [1.165, 1.54) is 6.08 Å². The van der Waals surface area contributed by atoms with Crippen molar-refractivity contribution in [3.05, 3.63) is 42.0 Å². The summed E-state index contributed by atoms with van der Waals surface area (Å²) in [6.07, 6.45) is 3.86. The van der Waals surface area contributed by atoms with Gasteiger partial charge in [0.15, 0.2) is 0 Å². The van der Waals surface area contributed by atoms with E-state index in [-0.39, 0.29) is 31.4 Å². The number of amides is 1. The van der Waals surface area contributed by atoms with Crippen LogP contribution in [0, 0.1) is 0 Å². The van der Waals surface area contributed by atoms with E-state index in [2.05, 4.69) is 0 Å². The summed E-state index contributed by atoms with van der Waals surface area (Å²) in [7, 11) is 0. The van der Waals surface area contributed by atoms with E-state index >= 15 is 0 Å². The van der Waals surface area contributed by atoms with E-state index in [0.717, 1.165) is 5.56 Å². The average Bonchev–Trinajstić information content (AvgIpc) is 2.54. The van der Waals surface area contributed by atoms with Gasteiger partial charge in [-0.1, -0.05) is 30.3 Å². The average molecular weight is 305 g/mol. The van der Waals surface area contributed by atoms with E-state index in [1.54, 1.807) is 17.9 Å². The molecule has 1 amide bonds. The predicted octanol–water partition coefficient (Wildman–Crippen LogP) is 1.86. The first kappa shape index (κ1) is 17.9. The molecule has 1 N–H and O–H groups in total. The summed E-state index contributed by atoms with van der Waals surface area (Å²) in [4.78, 5) is 25.1. The fraction of sp³-hybridized carbons (Fsp3) is 0.412. The lowest BCUT2D eigenvalue weighted by Gasteiger charge is -2.20. The fourth-order valence-electron chi connectivity index (χ4n) is 1.89. The van der Waals surface area contributed by atoms with Gasteiger partial charge >= 0.3 is 5.97 Å². The maximum absolute atomic E-state index is 12.2. The second-order valence-electron chi connectivity index (χ2n) is 4.70. The minimum atomic E-state index is -0.323. The Morgan fingerprint density at radius 1 is 1.23 bits per heavy atom. The molecule has 0 aliphatic carbocycles. The van der Waals surface area contributed by atoms with Gasteiger partial charge in [0.05, 0.1) is 13.0 Å². The summed E-state index contributed by atoms with van der Waals surface area (Å²) in [5, 5.41) is 8.92. The summed E-state index contributed by atoms with van der Waals surface area (Å²) in [5.74, 6) is -0.502. The van der Waals surface area contributed by atoms with Crippen LogP contribution in [0.15, 0.2) is 36.4 Å². The number of rotatable bonds is 9. The molecule has 0 saturated heterocycles. The van der Waals surface area contributed by atoms with Crippen LogP contribution in [0.3, 0.4) is 0 Å². The summed E-state index contributed by atoms with van der Waals surface area (Å²) < 4.78 is 4.86. The lowest BCUT2D eigenvalue weighted by molar-refractivity contribution is -0.143. The van der Waals surface area contributed by atoms with Crippen molar-refractivity contribution in [1.29, 1.82) is 0 Å². The van der Waals surface area contributed by atoms with Crippen LogP contribution < -0.4 is 0 Å². The quantitative estimate of drug-likeness (QED) is 0.558. The number of aliphatic hydroxyl groups excluding tert-OH is 1. The molecule has 1 aromatic rings. The van der Waals surface area contributed by atoms with Gasteiger partial charge in [0.2, 0.25) is 5.91 Å². The Kier molecular flexibility index (Phi) is 8.60. The van der Waals surface area contributed by atoms with Crippen LogP contribution in [0.2, 0.25) is 0 Å². The molecule has 0 unspecified atom stereocenters. The molecule has 1 aromatic carbocycles. The molecular formula is C17H23NO4. The predicted molar refractivity (Wildman–Crippen MR) is 85.0 cm³/mol. The zero-order valence-corrected chi connectivity index (χ0v) is 12.9. The first-order valence-electron chi connectivity index (χ1n) is 7.46. The first-order valence-corrected chi connectivity index (χ1v) is 7.46. The minimum absolute atomic E-state index is 0.00554. The van der Waals surface area contributed by atoms with Gasteiger partial charge in [-0.3, -0.25) is 9.59 Å². The Labute approximate surface area is 131 Å². The Hall–Kier alpha value is -2.14. The zero-order valence-electron chi connectivity index (χ0n) is 12.9. The molecule has 0 fully saturated rings. The van der Waals surface area contributed by atoms with Crippen LogP contribution in [0.1, 0.15) is 25.3 Å². The maximum Gasteiger partial charge on any atom is 0.307 e. The van der Waals surface area contributed by atoms with Crippen LogP contribution in [0.25, 0.3) is 6.08 Å². The van der Waals surface area contributed by atoms with Gasteiger partial charge in [-0.15, -0.1) is 0 Å². The highest BCUT2D eigenvalue weighted by Gasteiger charge is 2.12. The largest absolute Gasteiger partial charge is 0.466 e. The van der Waals surface area contributed by atoms with Crippen LogP contribution in [0.4, 0.5) is 0 Å². The van der Waals surface area contributed by atoms with Gasteiger partial charge in [0.25, 0.3) is 0 Å². The van der Waals surface area contributed by atoms with E-state index in [1.807, 2.05) is 30.3 Å². The molecule has 0 heterocycles. The first-order chi connectivity index (χ1) is 10.7. The van der Waals surface area contributed by atoms with Crippen molar-refractivity contribution in [1.82, 2.24) is 4.90 Å². The Morgan fingerprint density at radius 2 is 1.95 bits per heavy atom. The molecule has 0 atom stereocenters. The molecule has 5 nitrogen and oxygen atoms in total. The number of ether oxygens (including phenoxy) is 1. The topological polar surface area (TPSA) is 66.8 Å². The summed E-state index contributed by atoms with van der Waals surface area (Å²) in [6.45, 7) is 2.78. The molecule has 5 heteroatoms. The molecule has 0 aromatic heterocycles. The molecule has 0 bridgehead atoms. The Bertz CT molecular complexity index is 485. The van der Waals surface area contributed by atoms with E-state index in [4.69, 9.17) is 9.84 Å². The maximum atomic E-state index is 12.2. The molecular weight excluding hydrogens is 282 g/mol. The number of benzene rings is 1. The van der Waals surface area contributed by atoms with Crippen LogP contribution in [-0.2, 0) is 14.3 Å². The molecule has 120 valence electrons. The van der Waals surface area contributed by atoms with Crippen molar-refractivity contribution in [3.8, 4) is 0 Å². The van der Waals surface area contributed by atoms with E-state index < -0.39 is 0 Å². The van der Waals surface area contributed by atoms with Crippen LogP contribution in [-0.4, -0.2) is 48.2 Å². The number of hydrogen-bond acceptors (Lipinski definition) is 4. The number of nitrogens with zero attached hydrogens (tertiary/aromatic N) is 1. The second-order valence-corrected chi connectivity index (χ2v) is 4.70. The minimum Gasteiger partial charge on any atom is -0.466 e. The van der Waals surface area contributed by atoms with Crippen LogP contribution >= 0.6 is 0 Å². The highest BCUT2D eigenvalue weighted by atomic mass is 16.5. The molecule has 0 saturated carbocycles. The molecule has 0 radical (unpaired) electrons. The number of carbonyl (C=O) groups excluding carboxylic acids is 2. The standard InChI is InChI=1S/C17H23NO4/c1-2-22-17(21)11-13-18(12-6-14-19)16(20)10-9-15-7-4-3-5-8-15/h3-5,7-10,19H,2,6,11-14H2,1H3/b10-9+. The number of hydrogen-bond donors (Lipinski definition) is 1. The Morgan fingerprint density at radius 3 is 2.59 bits per heavy atom. The normalized spacial score (nSPS) is 10.6. The van der Waals surface area contributed by atoms with Crippen molar-refractivity contribution < 1.29 is 19.4 Å². The van der Waals surface area contributed by atoms with Crippen molar-refractivity contribution in [2.24, 2.45) is 0 Å². The van der Waals surface area contributed by atoms with Crippen LogP contribution in [0.5, 0.6) is 0 Å². The lowest BCUT2D eigenvalue weighted by atomic mass is 10.2. The van der Waals surface area contributed by atoms with Gasteiger partial charge < -0.3 is 14.7 Å². The van der Waals surface area contributed by atoms with Crippen molar-refractivity contribution in [2.75, 3.05) is 26.3 Å². The SMILES string of the molecule is CCOC(=O)CCN(CCCO)C(=O)/C=C/c1ccccc1. The second kappa shape index (κ2) is 10.6. The summed E-state index contributed by atoms with van der Waals surface area (Å²) in [6, 6.07) is 9.51. The fourth-order valence-corrected chi connectivity index (χ4v) is 1.89. The van der Waals surface area contributed by atoms with Gasteiger partial charge in [-0.05, 0) is 25.0 Å². The molecule has 22 heavy (non-hydrogen) atoms. The van der Waals surface area contributed by atoms with E-state index in [9.17, 15) is 9.59 Å².